The van der Waals surface area contributed by atoms with Crippen molar-refractivity contribution in [2.75, 3.05) is 6.54 Å². The minimum absolute atomic E-state index is 0.535. The Balaban J connectivity index is 1.95. The van der Waals surface area contributed by atoms with Gasteiger partial charge in [-0.1, -0.05) is 33.6 Å². The van der Waals surface area contributed by atoms with Gasteiger partial charge in [0.25, 0.3) is 0 Å². The highest BCUT2D eigenvalue weighted by atomic mass is 79.9. The molecule has 3 nitrogen and oxygen atoms in total. The second-order valence-electron chi connectivity index (χ2n) is 7.09. The molecular weight excluding hydrogens is 326 g/mol. The predicted octanol–water partition coefficient (Wildman–Crippen LogP) is 4.44. The first-order valence-corrected chi connectivity index (χ1v) is 9.17. The van der Waals surface area contributed by atoms with Crippen LogP contribution in [0.15, 0.2) is 4.47 Å². The van der Waals surface area contributed by atoms with Crippen molar-refractivity contribution in [1.82, 2.24) is 15.1 Å². The minimum Gasteiger partial charge on any atom is -0.311 e. The smallest absolute Gasteiger partial charge is 0.0767 e. The zero-order valence-electron chi connectivity index (χ0n) is 14.0. The number of nitrogens with one attached hydrogen (secondary N) is 1. The van der Waals surface area contributed by atoms with Crippen LogP contribution in [-0.2, 0) is 20.0 Å². The van der Waals surface area contributed by atoms with Crippen molar-refractivity contribution in [1.29, 1.82) is 0 Å². The van der Waals surface area contributed by atoms with Crippen LogP contribution in [0.2, 0.25) is 0 Å². The summed E-state index contributed by atoms with van der Waals surface area (Å²) < 4.78 is 3.20. The van der Waals surface area contributed by atoms with Gasteiger partial charge in [0.05, 0.1) is 15.9 Å². The molecule has 1 aromatic heterocycles. The molecule has 0 unspecified atom stereocenters. The Hall–Kier alpha value is -0.350. The van der Waals surface area contributed by atoms with Crippen LogP contribution in [0.1, 0.15) is 64.3 Å². The standard InChI is InChI=1S/C17H30BrN3/c1-5-14-16(18)15(21(4)20-14)11-19-12-17(10-13(2)3)8-6-7-9-17/h13,19H,5-12H2,1-4H3. The third-order valence-corrected chi connectivity index (χ3v) is 5.72. The second kappa shape index (κ2) is 7.28. The lowest BCUT2D eigenvalue weighted by molar-refractivity contribution is 0.223. The van der Waals surface area contributed by atoms with Gasteiger partial charge in [-0.05, 0) is 52.9 Å². The van der Waals surface area contributed by atoms with Crippen molar-refractivity contribution in [2.45, 2.75) is 65.8 Å². The fourth-order valence-electron chi connectivity index (χ4n) is 3.90. The van der Waals surface area contributed by atoms with E-state index in [0.29, 0.717) is 5.41 Å². The number of hydrogen-bond donors (Lipinski definition) is 1. The molecule has 0 saturated heterocycles. The lowest BCUT2D eigenvalue weighted by Gasteiger charge is -2.31. The van der Waals surface area contributed by atoms with Gasteiger partial charge in [-0.3, -0.25) is 4.68 Å². The van der Waals surface area contributed by atoms with Crippen LogP contribution in [0.25, 0.3) is 0 Å². The molecule has 1 aliphatic carbocycles. The molecule has 1 aliphatic rings. The van der Waals surface area contributed by atoms with E-state index in [4.69, 9.17) is 0 Å². The van der Waals surface area contributed by atoms with Crippen LogP contribution in [0.3, 0.4) is 0 Å². The van der Waals surface area contributed by atoms with Crippen molar-refractivity contribution in [2.24, 2.45) is 18.4 Å². The lowest BCUT2D eigenvalue weighted by Crippen LogP contribution is -2.33. The van der Waals surface area contributed by atoms with E-state index in [1.165, 1.54) is 42.3 Å². The molecule has 2 rings (SSSR count). The maximum atomic E-state index is 4.57. The summed E-state index contributed by atoms with van der Waals surface area (Å²) in [7, 11) is 2.04. The van der Waals surface area contributed by atoms with Crippen LogP contribution < -0.4 is 5.32 Å². The van der Waals surface area contributed by atoms with Crippen molar-refractivity contribution in [3.63, 3.8) is 0 Å². The molecule has 0 atom stereocenters. The van der Waals surface area contributed by atoms with Crippen LogP contribution in [0, 0.1) is 11.3 Å². The molecule has 1 saturated carbocycles. The zero-order valence-corrected chi connectivity index (χ0v) is 15.6. The normalized spacial score (nSPS) is 17.8. The average molecular weight is 356 g/mol. The number of halogens is 1. The summed E-state index contributed by atoms with van der Waals surface area (Å²) in [4.78, 5) is 0. The van der Waals surface area contributed by atoms with Gasteiger partial charge in [0.2, 0.25) is 0 Å². The number of hydrogen-bond acceptors (Lipinski definition) is 2. The molecule has 120 valence electrons. The number of nitrogens with zero attached hydrogens (tertiary/aromatic N) is 2. The third kappa shape index (κ3) is 4.10. The quantitative estimate of drug-likeness (QED) is 0.783. The maximum absolute atomic E-state index is 4.57. The highest BCUT2D eigenvalue weighted by molar-refractivity contribution is 9.10. The topological polar surface area (TPSA) is 29.9 Å². The summed E-state index contributed by atoms with van der Waals surface area (Å²) in [6.07, 6.45) is 7.93. The Labute approximate surface area is 138 Å². The predicted molar refractivity (Wildman–Crippen MR) is 92.3 cm³/mol. The van der Waals surface area contributed by atoms with Crippen molar-refractivity contribution < 1.29 is 0 Å². The number of rotatable bonds is 7. The fourth-order valence-corrected chi connectivity index (χ4v) is 4.66. The number of aryl methyl sites for hydroxylation is 2. The van der Waals surface area contributed by atoms with Gasteiger partial charge in [-0.15, -0.1) is 0 Å². The summed E-state index contributed by atoms with van der Waals surface area (Å²) >= 11 is 3.71. The molecule has 1 aromatic rings. The van der Waals surface area contributed by atoms with Gasteiger partial charge < -0.3 is 5.32 Å². The maximum Gasteiger partial charge on any atom is 0.0767 e. The van der Waals surface area contributed by atoms with Gasteiger partial charge in [-0.2, -0.15) is 5.10 Å². The average Bonchev–Trinajstić information content (AvgIpc) is 2.97. The highest BCUT2D eigenvalue weighted by Gasteiger charge is 2.33. The van der Waals surface area contributed by atoms with Gasteiger partial charge >= 0.3 is 0 Å². The molecular formula is C17H30BrN3. The van der Waals surface area contributed by atoms with Gasteiger partial charge in [0.1, 0.15) is 0 Å². The zero-order chi connectivity index (χ0) is 15.5. The monoisotopic (exact) mass is 355 g/mol. The van der Waals surface area contributed by atoms with Crippen LogP contribution in [-0.4, -0.2) is 16.3 Å². The molecule has 4 heteroatoms. The van der Waals surface area contributed by atoms with Crippen LogP contribution in [0.4, 0.5) is 0 Å². The van der Waals surface area contributed by atoms with Crippen molar-refractivity contribution >= 4 is 15.9 Å². The summed E-state index contributed by atoms with van der Waals surface area (Å²) in [5.74, 6) is 0.792. The van der Waals surface area contributed by atoms with E-state index < -0.39 is 0 Å². The largest absolute Gasteiger partial charge is 0.311 e. The first-order chi connectivity index (χ1) is 9.97. The molecule has 0 amide bonds. The van der Waals surface area contributed by atoms with Gasteiger partial charge in [-0.25, -0.2) is 0 Å². The van der Waals surface area contributed by atoms with E-state index >= 15 is 0 Å². The Bertz CT molecular complexity index is 459. The first kappa shape index (κ1) is 17.0. The molecule has 1 heterocycles. The fraction of sp³-hybridized carbons (Fsp3) is 0.824. The summed E-state index contributed by atoms with van der Waals surface area (Å²) in [6.45, 7) is 8.91. The van der Waals surface area contributed by atoms with E-state index in [-0.39, 0.29) is 0 Å². The molecule has 0 aromatic carbocycles. The Kier molecular flexibility index (Phi) is 5.89. The van der Waals surface area contributed by atoms with Crippen molar-refractivity contribution in [3.05, 3.63) is 15.9 Å². The second-order valence-corrected chi connectivity index (χ2v) is 7.89. The number of aromatic nitrogens is 2. The van der Waals surface area contributed by atoms with Crippen LogP contribution in [0.5, 0.6) is 0 Å². The summed E-state index contributed by atoms with van der Waals surface area (Å²) in [5.41, 5.74) is 2.96. The summed E-state index contributed by atoms with van der Waals surface area (Å²) in [6, 6.07) is 0. The Morgan fingerprint density at radius 2 is 2.00 bits per heavy atom. The molecule has 0 bridgehead atoms. The molecule has 1 fully saturated rings. The Morgan fingerprint density at radius 1 is 1.33 bits per heavy atom. The first-order valence-electron chi connectivity index (χ1n) is 8.38. The molecule has 1 N–H and O–H groups in total. The van der Waals surface area contributed by atoms with Gasteiger partial charge in [0, 0.05) is 20.1 Å². The molecule has 0 spiro atoms. The SMILES string of the molecule is CCc1nn(C)c(CNCC2(CC(C)C)CCCC2)c1Br. The minimum atomic E-state index is 0.535. The van der Waals surface area contributed by atoms with E-state index in [9.17, 15) is 0 Å². The molecule has 21 heavy (non-hydrogen) atoms. The van der Waals surface area contributed by atoms with Crippen molar-refractivity contribution in [3.8, 4) is 0 Å². The van der Waals surface area contributed by atoms with Gasteiger partial charge in [0.15, 0.2) is 0 Å². The van der Waals surface area contributed by atoms with E-state index in [1.54, 1.807) is 0 Å². The van der Waals surface area contributed by atoms with Crippen LogP contribution >= 0.6 is 15.9 Å². The highest BCUT2D eigenvalue weighted by Crippen LogP contribution is 2.42. The third-order valence-electron chi connectivity index (χ3n) is 4.80. The molecule has 0 aliphatic heterocycles. The summed E-state index contributed by atoms with van der Waals surface area (Å²) in [5, 5.41) is 8.29. The lowest BCUT2D eigenvalue weighted by atomic mass is 9.78. The van der Waals surface area contributed by atoms with E-state index in [2.05, 4.69) is 47.1 Å². The van der Waals surface area contributed by atoms with E-state index in [1.807, 2.05) is 11.7 Å². The Morgan fingerprint density at radius 3 is 2.52 bits per heavy atom. The van der Waals surface area contributed by atoms with E-state index in [0.717, 1.165) is 31.1 Å². The molecule has 0 radical (unpaired) electrons.